The van der Waals surface area contributed by atoms with Crippen LogP contribution in [0.5, 0.6) is 0 Å². The van der Waals surface area contributed by atoms with Crippen LogP contribution in [0.2, 0.25) is 0 Å². The molecule has 0 bridgehead atoms. The summed E-state index contributed by atoms with van der Waals surface area (Å²) in [5.74, 6) is 0. The number of ether oxygens (including phenoxy) is 1. The lowest BCUT2D eigenvalue weighted by molar-refractivity contribution is 0.180. The van der Waals surface area contributed by atoms with Crippen LogP contribution in [0.4, 0.5) is 0 Å². The molecule has 3 aromatic heterocycles. The van der Waals surface area contributed by atoms with Crippen molar-refractivity contribution < 1.29 is 4.74 Å². The first-order valence-electron chi connectivity index (χ1n) is 9.67. The monoisotopic (exact) mass is 427 g/mol. The quantitative estimate of drug-likeness (QED) is 0.455. The largest absolute Gasteiger partial charge is 0.385 e. The van der Waals surface area contributed by atoms with E-state index in [0.29, 0.717) is 6.61 Å². The second-order valence-corrected chi connectivity index (χ2v) is 8.40. The van der Waals surface area contributed by atoms with Crippen LogP contribution < -0.4 is 5.32 Å². The number of hydrogen-bond donors (Lipinski definition) is 1. The third kappa shape index (κ3) is 3.80. The Labute approximate surface area is 180 Å². The molecule has 4 heterocycles. The van der Waals surface area contributed by atoms with Gasteiger partial charge in [-0.3, -0.25) is 9.55 Å². The van der Waals surface area contributed by atoms with Crippen molar-refractivity contribution >= 4 is 28.7 Å². The number of thiazole rings is 1. The molecule has 1 N–H and O–H groups in total. The third-order valence-corrected chi connectivity index (χ3v) is 6.45. The zero-order chi connectivity index (χ0) is 20.4. The Kier molecular flexibility index (Phi) is 5.94. The van der Waals surface area contributed by atoms with E-state index in [-0.39, 0.29) is 12.1 Å². The first-order valence-corrected chi connectivity index (χ1v) is 11.0. The van der Waals surface area contributed by atoms with Gasteiger partial charge < -0.3 is 15.0 Å². The Morgan fingerprint density at radius 2 is 2.10 bits per heavy atom. The van der Waals surface area contributed by atoms with Crippen molar-refractivity contribution in [2.45, 2.75) is 32.4 Å². The SMILES string of the molecule is COCCCN1C(=S)N[C@@H](c2ccccn2)[C@@H]1c1cc(C)n(-c2nccs2)c1C. The standard InChI is InChI=1S/C21H25N5OS2/c1-14-13-16(15(2)26(14)21-23-9-12-29-21)19-18(17-7-4-5-8-22-17)24-20(28)25(19)10-6-11-27-3/h4-5,7-9,12-13,18-19H,6,10-11H2,1-3H3,(H,24,28)/t18-,19-/m0/s1. The Bertz CT molecular complexity index is 971. The molecule has 4 rings (SSSR count). The predicted octanol–water partition coefficient (Wildman–Crippen LogP) is 3.95. The van der Waals surface area contributed by atoms with Crippen LogP contribution in [-0.2, 0) is 4.74 Å². The highest BCUT2D eigenvalue weighted by Gasteiger charge is 2.41. The van der Waals surface area contributed by atoms with Gasteiger partial charge in [0.25, 0.3) is 0 Å². The Morgan fingerprint density at radius 1 is 1.24 bits per heavy atom. The van der Waals surface area contributed by atoms with Crippen molar-refractivity contribution in [2.24, 2.45) is 0 Å². The van der Waals surface area contributed by atoms with E-state index < -0.39 is 0 Å². The van der Waals surface area contributed by atoms with E-state index in [1.807, 2.05) is 29.9 Å². The Morgan fingerprint density at radius 3 is 2.79 bits per heavy atom. The lowest BCUT2D eigenvalue weighted by Crippen LogP contribution is -2.31. The minimum absolute atomic E-state index is 0.00325. The van der Waals surface area contributed by atoms with Crippen molar-refractivity contribution in [3.63, 3.8) is 0 Å². The van der Waals surface area contributed by atoms with Crippen LogP contribution in [0.15, 0.2) is 42.0 Å². The normalized spacial score (nSPS) is 19.0. The molecule has 6 nitrogen and oxygen atoms in total. The van der Waals surface area contributed by atoms with Gasteiger partial charge in [0.15, 0.2) is 10.2 Å². The number of methoxy groups -OCH3 is 1. The summed E-state index contributed by atoms with van der Waals surface area (Å²) in [6.45, 7) is 5.82. The van der Waals surface area contributed by atoms with Gasteiger partial charge in [-0.15, -0.1) is 11.3 Å². The van der Waals surface area contributed by atoms with Gasteiger partial charge in [-0.2, -0.15) is 0 Å². The highest BCUT2D eigenvalue weighted by molar-refractivity contribution is 7.80. The zero-order valence-corrected chi connectivity index (χ0v) is 18.5. The maximum atomic E-state index is 5.74. The third-order valence-electron chi connectivity index (χ3n) is 5.34. The van der Waals surface area contributed by atoms with E-state index >= 15 is 0 Å². The molecule has 1 aliphatic heterocycles. The van der Waals surface area contributed by atoms with Gasteiger partial charge in [0, 0.05) is 49.4 Å². The average molecular weight is 428 g/mol. The van der Waals surface area contributed by atoms with Crippen LogP contribution >= 0.6 is 23.6 Å². The lowest BCUT2D eigenvalue weighted by Gasteiger charge is -2.28. The molecule has 0 radical (unpaired) electrons. The average Bonchev–Trinajstić information content (AvgIpc) is 3.42. The van der Waals surface area contributed by atoms with Gasteiger partial charge >= 0.3 is 0 Å². The first-order chi connectivity index (χ1) is 14.1. The van der Waals surface area contributed by atoms with E-state index in [1.54, 1.807) is 18.4 Å². The molecule has 0 amide bonds. The summed E-state index contributed by atoms with van der Waals surface area (Å²) < 4.78 is 7.50. The molecule has 1 fully saturated rings. The molecule has 152 valence electrons. The maximum absolute atomic E-state index is 5.74. The zero-order valence-electron chi connectivity index (χ0n) is 16.8. The smallest absolute Gasteiger partial charge is 0.193 e. The number of thiocarbonyl (C=S) groups is 1. The van der Waals surface area contributed by atoms with Gasteiger partial charge in [0.2, 0.25) is 0 Å². The number of nitrogens with zero attached hydrogens (tertiary/aromatic N) is 4. The molecule has 8 heteroatoms. The second-order valence-electron chi connectivity index (χ2n) is 7.14. The van der Waals surface area contributed by atoms with Crippen LogP contribution in [0, 0.1) is 13.8 Å². The molecule has 1 saturated heterocycles. The van der Waals surface area contributed by atoms with Crippen LogP contribution in [0.25, 0.3) is 5.13 Å². The van der Waals surface area contributed by atoms with Crippen LogP contribution in [0.3, 0.4) is 0 Å². The fourth-order valence-electron chi connectivity index (χ4n) is 4.07. The van der Waals surface area contributed by atoms with Crippen molar-refractivity contribution in [1.29, 1.82) is 0 Å². The fourth-order valence-corrected chi connectivity index (χ4v) is 5.16. The van der Waals surface area contributed by atoms with Gasteiger partial charge in [0.05, 0.1) is 17.8 Å². The number of rotatable bonds is 7. The molecule has 0 spiro atoms. The molecular weight excluding hydrogens is 402 g/mol. The minimum atomic E-state index is -0.00325. The number of hydrogen-bond acceptors (Lipinski definition) is 5. The Balaban J connectivity index is 1.77. The maximum Gasteiger partial charge on any atom is 0.193 e. The summed E-state index contributed by atoms with van der Waals surface area (Å²) in [6.07, 6.45) is 4.59. The van der Waals surface area contributed by atoms with Crippen molar-refractivity contribution in [3.8, 4) is 5.13 Å². The summed E-state index contributed by atoms with van der Waals surface area (Å²) in [6, 6.07) is 8.35. The second kappa shape index (κ2) is 8.61. The summed E-state index contributed by atoms with van der Waals surface area (Å²) in [5.41, 5.74) is 4.60. The molecular formula is C21H25N5OS2. The summed E-state index contributed by atoms with van der Waals surface area (Å²) in [7, 11) is 1.73. The molecule has 1 aliphatic rings. The van der Waals surface area contributed by atoms with Crippen molar-refractivity contribution in [3.05, 3.63) is 64.7 Å². The van der Waals surface area contributed by atoms with Gasteiger partial charge in [0.1, 0.15) is 0 Å². The highest BCUT2D eigenvalue weighted by atomic mass is 32.1. The van der Waals surface area contributed by atoms with E-state index in [9.17, 15) is 0 Å². The van der Waals surface area contributed by atoms with Gasteiger partial charge in [-0.05, 0) is 56.2 Å². The van der Waals surface area contributed by atoms with E-state index in [1.165, 1.54) is 17.0 Å². The minimum Gasteiger partial charge on any atom is -0.385 e. The molecule has 29 heavy (non-hydrogen) atoms. The highest BCUT2D eigenvalue weighted by Crippen LogP contribution is 2.41. The number of aromatic nitrogens is 3. The number of nitrogens with one attached hydrogen (secondary N) is 1. The molecule has 0 aliphatic carbocycles. The summed E-state index contributed by atoms with van der Waals surface area (Å²) >= 11 is 7.38. The van der Waals surface area contributed by atoms with Gasteiger partial charge in [-0.25, -0.2) is 4.98 Å². The Hall–Kier alpha value is -2.29. The molecule has 0 aromatic carbocycles. The van der Waals surface area contributed by atoms with E-state index in [0.717, 1.165) is 28.9 Å². The molecule has 3 aromatic rings. The first kappa shape index (κ1) is 20.0. The van der Waals surface area contributed by atoms with Gasteiger partial charge in [-0.1, -0.05) is 6.07 Å². The topological polar surface area (TPSA) is 55.2 Å². The van der Waals surface area contributed by atoms with E-state index in [2.05, 4.69) is 50.7 Å². The number of pyridine rings is 1. The lowest BCUT2D eigenvalue weighted by atomic mass is 9.96. The molecule has 0 unspecified atom stereocenters. The summed E-state index contributed by atoms with van der Waals surface area (Å²) in [5, 5.41) is 7.28. The van der Waals surface area contributed by atoms with Crippen molar-refractivity contribution in [1.82, 2.24) is 24.8 Å². The van der Waals surface area contributed by atoms with Crippen molar-refractivity contribution in [2.75, 3.05) is 20.3 Å². The van der Waals surface area contributed by atoms with Crippen LogP contribution in [0.1, 0.15) is 41.1 Å². The summed E-state index contributed by atoms with van der Waals surface area (Å²) in [4.78, 5) is 11.4. The molecule has 2 atom stereocenters. The van der Waals surface area contributed by atoms with E-state index in [4.69, 9.17) is 17.0 Å². The van der Waals surface area contributed by atoms with Crippen LogP contribution in [-0.4, -0.2) is 44.8 Å². The number of aryl methyl sites for hydroxylation is 1. The molecule has 0 saturated carbocycles. The fraction of sp³-hybridized carbons (Fsp3) is 0.381. The predicted molar refractivity (Wildman–Crippen MR) is 120 cm³/mol.